The van der Waals surface area contributed by atoms with Gasteiger partial charge in [-0.1, -0.05) is 51.6 Å². The molecule has 23 heavy (non-hydrogen) atoms. The molecule has 0 atom stereocenters. The molecule has 0 saturated heterocycles. The molecule has 0 radical (unpaired) electrons. The second-order valence-electron chi connectivity index (χ2n) is 3.63. The Morgan fingerprint density at radius 2 is 1.26 bits per heavy atom. The van der Waals surface area contributed by atoms with Crippen molar-refractivity contribution in [2.75, 3.05) is 23.7 Å². The number of carbonyl (C=O) groups is 3. The third kappa shape index (κ3) is 25.9. The average molecular weight is 455 g/mol. The minimum absolute atomic E-state index is 0.561. The molecule has 3 amide bonds. The van der Waals surface area contributed by atoms with Crippen LogP contribution < -0.4 is 5.32 Å². The van der Waals surface area contributed by atoms with Gasteiger partial charge in [-0.15, -0.1) is 0 Å². The molecule has 0 rings (SSSR count). The van der Waals surface area contributed by atoms with E-state index in [1.165, 1.54) is 34.8 Å². The van der Waals surface area contributed by atoms with Crippen molar-refractivity contribution in [2.24, 2.45) is 0 Å². The van der Waals surface area contributed by atoms with Crippen LogP contribution >= 0.6 is 31.9 Å². The molecule has 0 spiro atoms. The van der Waals surface area contributed by atoms with Crippen molar-refractivity contribution in [1.82, 2.24) is 15.1 Å². The Kier molecular flexibility index (Phi) is 29.4. The Bertz CT molecular complexity index is 285. The molecule has 0 aromatic rings. The lowest BCUT2D eigenvalue weighted by Crippen LogP contribution is -2.22. The van der Waals surface area contributed by atoms with E-state index >= 15 is 0 Å². The minimum atomic E-state index is 0.561. The van der Waals surface area contributed by atoms with E-state index in [0.29, 0.717) is 38.7 Å². The largest absolute Gasteiger partial charge is 0.336 e. The van der Waals surface area contributed by atoms with Gasteiger partial charge in [-0.25, -0.2) is 0 Å². The van der Waals surface area contributed by atoms with Crippen molar-refractivity contribution in [3.8, 4) is 0 Å². The normalized spacial score (nSPS) is 7.91. The van der Waals surface area contributed by atoms with Crippen LogP contribution in [-0.4, -0.2) is 52.8 Å². The highest BCUT2D eigenvalue weighted by Gasteiger charge is 1.98. The van der Waals surface area contributed by atoms with E-state index in [1.807, 2.05) is 0 Å². The van der Waals surface area contributed by atoms with Gasteiger partial charge < -0.3 is 15.1 Å². The zero-order chi connectivity index (χ0) is 18.3. The second-order valence-corrected chi connectivity index (χ2v) is 5.21. The molecule has 0 aromatic carbocycles. The van der Waals surface area contributed by atoms with Crippen molar-refractivity contribution >= 4 is 51.1 Å². The van der Waals surface area contributed by atoms with Crippen LogP contribution in [-0.2, 0) is 14.4 Å². The molecular formula is C15H25Br2N3O3. The average Bonchev–Trinajstić information content (AvgIpc) is 2.58. The summed E-state index contributed by atoms with van der Waals surface area (Å²) in [5, 5.41) is 4.41. The Morgan fingerprint density at radius 1 is 0.826 bits per heavy atom. The standard InChI is InChI=1S/C9H14N2O2.C3H6Br2.C3H5NO/c1-3-10(8-12)6-5-7-11(4-2)9-13;4-2-1-3-5;1-2-4-3-5/h3-4,8-9H,1-2,5-7H2;1-3H2;2-3H,1H2,(H,4,5). The summed E-state index contributed by atoms with van der Waals surface area (Å²) in [5.74, 6) is 0. The van der Waals surface area contributed by atoms with Gasteiger partial charge in [-0.05, 0) is 31.4 Å². The van der Waals surface area contributed by atoms with Gasteiger partial charge in [0, 0.05) is 23.7 Å². The summed E-state index contributed by atoms with van der Waals surface area (Å²) in [5.41, 5.74) is 0. The third-order valence-corrected chi connectivity index (χ3v) is 3.15. The number of carbonyl (C=O) groups excluding carboxylic acids is 3. The fraction of sp³-hybridized carbons (Fsp3) is 0.400. The minimum Gasteiger partial charge on any atom is -0.336 e. The van der Waals surface area contributed by atoms with Gasteiger partial charge in [0.2, 0.25) is 19.2 Å². The Balaban J connectivity index is -0.000000329. The summed E-state index contributed by atoms with van der Waals surface area (Å²) in [7, 11) is 0. The predicted octanol–water partition coefficient (Wildman–Crippen LogP) is 2.62. The maximum absolute atomic E-state index is 10.3. The van der Waals surface area contributed by atoms with Crippen molar-refractivity contribution in [1.29, 1.82) is 0 Å². The van der Waals surface area contributed by atoms with Crippen LogP contribution in [0.3, 0.4) is 0 Å². The molecule has 0 unspecified atom stereocenters. The SMILES string of the molecule is BrCCCBr.C=CN(C=O)CCCN(C=C)C=O.C=CNC=O. The lowest BCUT2D eigenvalue weighted by atomic mass is 10.4. The molecule has 6 nitrogen and oxygen atoms in total. The lowest BCUT2D eigenvalue weighted by Gasteiger charge is -2.14. The molecule has 8 heteroatoms. The number of amides is 3. The molecule has 0 aliphatic rings. The van der Waals surface area contributed by atoms with E-state index in [1.54, 1.807) is 0 Å². The highest BCUT2D eigenvalue weighted by molar-refractivity contribution is 9.09. The summed E-state index contributed by atoms with van der Waals surface area (Å²) >= 11 is 6.56. The summed E-state index contributed by atoms with van der Waals surface area (Å²) in [6, 6.07) is 0. The number of nitrogens with one attached hydrogen (secondary N) is 1. The maximum atomic E-state index is 10.3. The fourth-order valence-corrected chi connectivity index (χ4v) is 2.22. The second kappa shape index (κ2) is 25.5. The first-order valence-corrected chi connectivity index (χ1v) is 8.95. The van der Waals surface area contributed by atoms with Gasteiger partial charge in [-0.3, -0.25) is 14.4 Å². The Hall–Kier alpha value is -1.41. The Morgan fingerprint density at radius 3 is 1.39 bits per heavy atom. The van der Waals surface area contributed by atoms with Gasteiger partial charge in [0.1, 0.15) is 0 Å². The topological polar surface area (TPSA) is 69.7 Å². The maximum Gasteiger partial charge on any atom is 0.213 e. The predicted molar refractivity (Wildman–Crippen MR) is 102 cm³/mol. The number of rotatable bonds is 12. The molecule has 0 aromatic heterocycles. The smallest absolute Gasteiger partial charge is 0.213 e. The zero-order valence-corrected chi connectivity index (χ0v) is 16.4. The summed E-state index contributed by atoms with van der Waals surface area (Å²) in [6.07, 6.45) is 8.10. The van der Waals surface area contributed by atoms with Gasteiger partial charge in [0.15, 0.2) is 0 Å². The zero-order valence-electron chi connectivity index (χ0n) is 13.2. The van der Waals surface area contributed by atoms with Crippen LogP contribution in [0.1, 0.15) is 12.8 Å². The lowest BCUT2D eigenvalue weighted by molar-refractivity contribution is -0.116. The first-order valence-electron chi connectivity index (χ1n) is 6.71. The quantitative estimate of drug-likeness (QED) is 0.364. The van der Waals surface area contributed by atoms with Crippen LogP contribution in [0.5, 0.6) is 0 Å². The molecule has 0 heterocycles. The summed E-state index contributed by atoms with van der Waals surface area (Å²) in [6.45, 7) is 11.3. The first-order chi connectivity index (χ1) is 11.1. The molecular weight excluding hydrogens is 430 g/mol. The van der Waals surface area contributed by atoms with E-state index in [0.717, 1.165) is 10.7 Å². The van der Waals surface area contributed by atoms with Gasteiger partial charge in [0.05, 0.1) is 0 Å². The van der Waals surface area contributed by atoms with Crippen LogP contribution in [0.15, 0.2) is 38.3 Å². The number of nitrogens with zero attached hydrogens (tertiary/aromatic N) is 2. The fourth-order valence-electron chi connectivity index (χ4n) is 0.909. The molecule has 0 aliphatic carbocycles. The van der Waals surface area contributed by atoms with Crippen LogP contribution in [0.4, 0.5) is 0 Å². The Labute approximate surface area is 155 Å². The van der Waals surface area contributed by atoms with Crippen molar-refractivity contribution in [3.63, 3.8) is 0 Å². The first kappa shape index (κ1) is 26.5. The summed E-state index contributed by atoms with van der Waals surface area (Å²) < 4.78 is 0. The van der Waals surface area contributed by atoms with Crippen LogP contribution in [0, 0.1) is 0 Å². The van der Waals surface area contributed by atoms with E-state index < -0.39 is 0 Å². The molecule has 0 saturated carbocycles. The van der Waals surface area contributed by atoms with E-state index in [9.17, 15) is 14.4 Å². The third-order valence-electron chi connectivity index (χ3n) is 2.03. The number of hydrogen-bond donors (Lipinski definition) is 1. The van der Waals surface area contributed by atoms with Gasteiger partial charge in [-0.2, -0.15) is 0 Å². The molecule has 132 valence electrons. The van der Waals surface area contributed by atoms with Crippen LogP contribution in [0.25, 0.3) is 0 Å². The number of halogens is 2. The number of hydrogen-bond acceptors (Lipinski definition) is 3. The van der Waals surface area contributed by atoms with Crippen molar-refractivity contribution in [3.05, 3.63) is 38.3 Å². The van der Waals surface area contributed by atoms with Gasteiger partial charge in [0.25, 0.3) is 0 Å². The molecule has 1 N–H and O–H groups in total. The molecule has 0 bridgehead atoms. The molecule has 0 aliphatic heterocycles. The highest BCUT2D eigenvalue weighted by Crippen LogP contribution is 1.92. The van der Waals surface area contributed by atoms with E-state index in [4.69, 9.17) is 0 Å². The number of alkyl halides is 2. The van der Waals surface area contributed by atoms with Crippen molar-refractivity contribution in [2.45, 2.75) is 12.8 Å². The highest BCUT2D eigenvalue weighted by atomic mass is 79.9. The van der Waals surface area contributed by atoms with Crippen molar-refractivity contribution < 1.29 is 14.4 Å². The summed E-state index contributed by atoms with van der Waals surface area (Å²) in [4.78, 5) is 32.7. The van der Waals surface area contributed by atoms with E-state index in [-0.39, 0.29) is 0 Å². The molecule has 0 fully saturated rings. The van der Waals surface area contributed by atoms with Crippen LogP contribution in [0.2, 0.25) is 0 Å². The van der Waals surface area contributed by atoms with E-state index in [2.05, 4.69) is 56.9 Å². The van der Waals surface area contributed by atoms with Gasteiger partial charge >= 0.3 is 0 Å². The monoisotopic (exact) mass is 453 g/mol.